The van der Waals surface area contributed by atoms with Gasteiger partial charge in [0, 0.05) is 13.5 Å². The summed E-state index contributed by atoms with van der Waals surface area (Å²) >= 11 is 4.25. The van der Waals surface area contributed by atoms with Crippen LogP contribution in [-0.2, 0) is 19.9 Å². The van der Waals surface area contributed by atoms with Crippen LogP contribution in [0.15, 0.2) is 18.2 Å². The van der Waals surface area contributed by atoms with Crippen molar-refractivity contribution >= 4 is 23.7 Å². The molecule has 0 unspecified atom stereocenters. The molecule has 0 aliphatic carbocycles. The SMILES string of the molecule is CCc1nc2ccc(CCS)cc2n1C. The molecule has 80 valence electrons. The molecule has 0 atom stereocenters. The Labute approximate surface area is 95.7 Å². The first kappa shape index (κ1) is 10.6. The van der Waals surface area contributed by atoms with E-state index in [1.54, 1.807) is 0 Å². The van der Waals surface area contributed by atoms with Crippen LogP contribution in [0.4, 0.5) is 0 Å². The Morgan fingerprint density at radius 3 is 2.87 bits per heavy atom. The molecular formula is C12H16N2S. The number of aryl methyl sites for hydroxylation is 3. The molecule has 0 spiro atoms. The van der Waals surface area contributed by atoms with E-state index >= 15 is 0 Å². The van der Waals surface area contributed by atoms with Gasteiger partial charge in [-0.3, -0.25) is 0 Å². The van der Waals surface area contributed by atoms with E-state index in [-0.39, 0.29) is 0 Å². The number of hydrogen-bond acceptors (Lipinski definition) is 2. The van der Waals surface area contributed by atoms with Crippen molar-refractivity contribution in [3.8, 4) is 0 Å². The minimum Gasteiger partial charge on any atom is -0.331 e. The third kappa shape index (κ3) is 1.88. The fourth-order valence-electron chi connectivity index (χ4n) is 1.89. The summed E-state index contributed by atoms with van der Waals surface area (Å²) in [5, 5.41) is 0. The Balaban J connectivity index is 2.54. The second kappa shape index (κ2) is 4.27. The van der Waals surface area contributed by atoms with Gasteiger partial charge in [0.15, 0.2) is 0 Å². The molecule has 0 aliphatic heterocycles. The average Bonchev–Trinajstić information content (AvgIpc) is 2.56. The molecule has 2 aromatic rings. The van der Waals surface area contributed by atoms with Crippen molar-refractivity contribution in [2.45, 2.75) is 19.8 Å². The summed E-state index contributed by atoms with van der Waals surface area (Å²) in [4.78, 5) is 4.58. The third-order valence-electron chi connectivity index (χ3n) is 2.75. The summed E-state index contributed by atoms with van der Waals surface area (Å²) in [6.07, 6.45) is 2.00. The van der Waals surface area contributed by atoms with Gasteiger partial charge in [-0.2, -0.15) is 12.6 Å². The zero-order valence-corrected chi connectivity index (χ0v) is 10.1. The first-order valence-corrected chi connectivity index (χ1v) is 5.94. The van der Waals surface area contributed by atoms with Crippen molar-refractivity contribution in [2.24, 2.45) is 7.05 Å². The van der Waals surface area contributed by atoms with Crippen LogP contribution < -0.4 is 0 Å². The second-order valence-corrected chi connectivity index (χ2v) is 4.18. The normalized spacial score (nSPS) is 11.1. The van der Waals surface area contributed by atoms with Crippen LogP contribution in [0.25, 0.3) is 11.0 Å². The lowest BCUT2D eigenvalue weighted by Gasteiger charge is -2.01. The Morgan fingerprint density at radius 2 is 2.20 bits per heavy atom. The van der Waals surface area contributed by atoms with E-state index < -0.39 is 0 Å². The second-order valence-electron chi connectivity index (χ2n) is 3.74. The predicted molar refractivity (Wildman–Crippen MR) is 67.6 cm³/mol. The monoisotopic (exact) mass is 220 g/mol. The summed E-state index contributed by atoms with van der Waals surface area (Å²) in [7, 11) is 2.08. The van der Waals surface area contributed by atoms with Gasteiger partial charge in [0.2, 0.25) is 0 Å². The van der Waals surface area contributed by atoms with Crippen LogP contribution in [0.3, 0.4) is 0 Å². The van der Waals surface area contributed by atoms with Crippen LogP contribution in [0.1, 0.15) is 18.3 Å². The van der Waals surface area contributed by atoms with E-state index in [0.29, 0.717) is 0 Å². The Bertz CT molecular complexity index is 474. The topological polar surface area (TPSA) is 17.8 Å². The minimum atomic E-state index is 0.893. The Morgan fingerprint density at radius 1 is 1.40 bits per heavy atom. The van der Waals surface area contributed by atoms with Gasteiger partial charge in [-0.1, -0.05) is 13.0 Å². The summed E-state index contributed by atoms with van der Waals surface area (Å²) in [6, 6.07) is 6.47. The van der Waals surface area contributed by atoms with E-state index in [1.807, 2.05) is 0 Å². The molecule has 3 heteroatoms. The van der Waals surface area contributed by atoms with E-state index in [4.69, 9.17) is 0 Å². The lowest BCUT2D eigenvalue weighted by atomic mass is 10.1. The van der Waals surface area contributed by atoms with Gasteiger partial charge in [-0.25, -0.2) is 4.98 Å². The van der Waals surface area contributed by atoms with Crippen LogP contribution in [0.2, 0.25) is 0 Å². The maximum Gasteiger partial charge on any atom is 0.109 e. The first-order chi connectivity index (χ1) is 7.26. The van der Waals surface area contributed by atoms with Gasteiger partial charge in [-0.05, 0) is 29.9 Å². The quantitative estimate of drug-likeness (QED) is 0.787. The van der Waals surface area contributed by atoms with Crippen molar-refractivity contribution in [2.75, 3.05) is 5.75 Å². The maximum absolute atomic E-state index is 4.58. The minimum absolute atomic E-state index is 0.893. The third-order valence-corrected chi connectivity index (χ3v) is 2.98. The number of rotatable bonds is 3. The maximum atomic E-state index is 4.58. The standard InChI is InChI=1S/C12H16N2S/c1-3-12-13-10-5-4-9(6-7-15)8-11(10)14(12)2/h4-5,8,15H,3,6-7H2,1-2H3. The van der Waals surface area contributed by atoms with Gasteiger partial charge in [-0.15, -0.1) is 0 Å². The predicted octanol–water partition coefficient (Wildman–Crippen LogP) is 2.61. The number of benzene rings is 1. The number of imidazole rings is 1. The van der Waals surface area contributed by atoms with Crippen molar-refractivity contribution in [3.63, 3.8) is 0 Å². The molecule has 1 aromatic carbocycles. The van der Waals surface area contributed by atoms with Gasteiger partial charge in [0.25, 0.3) is 0 Å². The fourth-order valence-corrected chi connectivity index (χ4v) is 2.14. The van der Waals surface area contributed by atoms with E-state index in [0.717, 1.165) is 29.9 Å². The molecule has 2 rings (SSSR count). The van der Waals surface area contributed by atoms with Crippen LogP contribution in [-0.4, -0.2) is 15.3 Å². The molecule has 0 bridgehead atoms. The molecule has 1 heterocycles. The van der Waals surface area contributed by atoms with Crippen LogP contribution in [0.5, 0.6) is 0 Å². The van der Waals surface area contributed by atoms with Crippen molar-refractivity contribution in [3.05, 3.63) is 29.6 Å². The van der Waals surface area contributed by atoms with Gasteiger partial charge in [0.1, 0.15) is 5.82 Å². The van der Waals surface area contributed by atoms with Crippen molar-refractivity contribution in [1.82, 2.24) is 9.55 Å². The van der Waals surface area contributed by atoms with Gasteiger partial charge < -0.3 is 4.57 Å². The zero-order chi connectivity index (χ0) is 10.8. The lowest BCUT2D eigenvalue weighted by Crippen LogP contribution is -1.95. The van der Waals surface area contributed by atoms with E-state index in [1.165, 1.54) is 11.1 Å². The molecule has 1 aromatic heterocycles. The highest BCUT2D eigenvalue weighted by Crippen LogP contribution is 2.17. The Hall–Kier alpha value is -0.960. The molecule has 0 radical (unpaired) electrons. The van der Waals surface area contributed by atoms with Gasteiger partial charge in [0.05, 0.1) is 11.0 Å². The van der Waals surface area contributed by atoms with Gasteiger partial charge >= 0.3 is 0 Å². The summed E-state index contributed by atoms with van der Waals surface area (Å²) in [5.41, 5.74) is 3.66. The van der Waals surface area contributed by atoms with E-state index in [2.05, 4.69) is 54.4 Å². The molecule has 0 saturated heterocycles. The molecule has 0 fully saturated rings. The largest absolute Gasteiger partial charge is 0.331 e. The lowest BCUT2D eigenvalue weighted by molar-refractivity contribution is 0.828. The molecule has 15 heavy (non-hydrogen) atoms. The summed E-state index contributed by atoms with van der Waals surface area (Å²) in [5.74, 6) is 2.04. The zero-order valence-electron chi connectivity index (χ0n) is 9.20. The molecule has 0 amide bonds. The molecule has 2 nitrogen and oxygen atoms in total. The van der Waals surface area contributed by atoms with Crippen molar-refractivity contribution in [1.29, 1.82) is 0 Å². The number of nitrogens with zero attached hydrogens (tertiary/aromatic N) is 2. The highest BCUT2D eigenvalue weighted by molar-refractivity contribution is 7.80. The smallest absolute Gasteiger partial charge is 0.109 e. The Kier molecular flexibility index (Phi) is 3.00. The van der Waals surface area contributed by atoms with Crippen molar-refractivity contribution < 1.29 is 0 Å². The molecular weight excluding hydrogens is 204 g/mol. The van der Waals surface area contributed by atoms with Crippen LogP contribution >= 0.6 is 12.6 Å². The highest BCUT2D eigenvalue weighted by Gasteiger charge is 2.06. The number of fused-ring (bicyclic) bond motifs is 1. The number of aromatic nitrogens is 2. The number of thiol groups is 1. The average molecular weight is 220 g/mol. The summed E-state index contributed by atoms with van der Waals surface area (Å²) in [6.45, 7) is 2.13. The summed E-state index contributed by atoms with van der Waals surface area (Å²) < 4.78 is 2.18. The molecule has 0 saturated carbocycles. The first-order valence-electron chi connectivity index (χ1n) is 5.31. The number of hydrogen-bond donors (Lipinski definition) is 1. The van der Waals surface area contributed by atoms with Crippen LogP contribution in [0, 0.1) is 0 Å². The van der Waals surface area contributed by atoms with E-state index in [9.17, 15) is 0 Å². The molecule has 0 aliphatic rings. The highest BCUT2D eigenvalue weighted by atomic mass is 32.1. The molecule has 0 N–H and O–H groups in total. The fraction of sp³-hybridized carbons (Fsp3) is 0.417.